The first kappa shape index (κ1) is 24.6. The van der Waals surface area contributed by atoms with Crippen LogP contribution >= 0.6 is 0 Å². The average Bonchev–Trinajstić information content (AvgIpc) is 2.65. The van der Waals surface area contributed by atoms with E-state index in [0.717, 1.165) is 6.07 Å². The molecule has 0 spiro atoms. The van der Waals surface area contributed by atoms with E-state index in [4.69, 9.17) is 4.74 Å². The van der Waals surface area contributed by atoms with Gasteiger partial charge in [-0.05, 0) is 43.7 Å². The van der Waals surface area contributed by atoms with E-state index in [-0.39, 0.29) is 17.9 Å². The third-order valence-electron chi connectivity index (χ3n) is 4.43. The van der Waals surface area contributed by atoms with E-state index < -0.39 is 41.0 Å². The van der Waals surface area contributed by atoms with Gasteiger partial charge in [-0.25, -0.2) is 0 Å². The molecule has 1 amide bonds. The SMILES string of the molecule is COCC(C)NC(=O)c1cc(-c2ccc(C)cn2)cc(C(O)(C(F)(F)F)C(F)(F)F)c1. The van der Waals surface area contributed by atoms with Gasteiger partial charge in [-0.1, -0.05) is 6.07 Å². The van der Waals surface area contributed by atoms with Gasteiger partial charge in [0.1, 0.15) is 0 Å². The van der Waals surface area contributed by atoms with Crippen molar-refractivity contribution in [2.45, 2.75) is 37.8 Å². The number of ether oxygens (including phenoxy) is 1. The number of halogens is 6. The van der Waals surface area contributed by atoms with Crippen LogP contribution < -0.4 is 5.32 Å². The normalized spacial score (nSPS) is 13.7. The van der Waals surface area contributed by atoms with Crippen molar-refractivity contribution < 1.29 is 41.0 Å². The number of hydrogen-bond donors (Lipinski definition) is 2. The number of methoxy groups -OCH3 is 1. The second-order valence-electron chi connectivity index (χ2n) is 7.06. The van der Waals surface area contributed by atoms with Gasteiger partial charge in [0.05, 0.1) is 12.3 Å². The number of amides is 1. The van der Waals surface area contributed by atoms with Crippen LogP contribution in [0.4, 0.5) is 26.3 Å². The van der Waals surface area contributed by atoms with Crippen molar-refractivity contribution in [1.82, 2.24) is 10.3 Å². The molecule has 0 aliphatic rings. The Balaban J connectivity index is 2.71. The molecule has 0 radical (unpaired) electrons. The van der Waals surface area contributed by atoms with Crippen molar-refractivity contribution in [2.75, 3.05) is 13.7 Å². The van der Waals surface area contributed by atoms with E-state index in [9.17, 15) is 36.2 Å². The number of aryl methyl sites for hydroxylation is 1. The van der Waals surface area contributed by atoms with Gasteiger partial charge in [0.25, 0.3) is 11.5 Å². The summed E-state index contributed by atoms with van der Waals surface area (Å²) in [6.45, 7) is 3.29. The van der Waals surface area contributed by atoms with Crippen LogP contribution in [0.15, 0.2) is 36.5 Å². The Kier molecular flexibility index (Phi) is 7.01. The number of carbonyl (C=O) groups excluding carboxylic acids is 1. The van der Waals surface area contributed by atoms with Gasteiger partial charge in [0.15, 0.2) is 0 Å². The van der Waals surface area contributed by atoms with Gasteiger partial charge < -0.3 is 15.2 Å². The summed E-state index contributed by atoms with van der Waals surface area (Å²) >= 11 is 0. The maximum Gasteiger partial charge on any atom is 0.430 e. The molecule has 0 bridgehead atoms. The maximum absolute atomic E-state index is 13.4. The molecule has 0 saturated carbocycles. The molecule has 11 heteroatoms. The van der Waals surface area contributed by atoms with Crippen molar-refractivity contribution in [3.63, 3.8) is 0 Å². The molecule has 0 aliphatic heterocycles. The molecule has 1 atom stereocenters. The molecule has 1 unspecified atom stereocenters. The number of aliphatic hydroxyl groups is 1. The van der Waals surface area contributed by atoms with E-state index >= 15 is 0 Å². The second-order valence-corrected chi connectivity index (χ2v) is 7.06. The fourth-order valence-corrected chi connectivity index (χ4v) is 2.84. The zero-order valence-corrected chi connectivity index (χ0v) is 16.7. The largest absolute Gasteiger partial charge is 0.430 e. The predicted molar refractivity (Wildman–Crippen MR) is 99.2 cm³/mol. The topological polar surface area (TPSA) is 71.5 Å². The predicted octanol–water partition coefficient (Wildman–Crippen LogP) is 4.13. The summed E-state index contributed by atoms with van der Waals surface area (Å²) in [6.07, 6.45) is -10.8. The van der Waals surface area contributed by atoms with Gasteiger partial charge >= 0.3 is 12.4 Å². The number of benzene rings is 1. The highest BCUT2D eigenvalue weighted by molar-refractivity contribution is 5.96. The summed E-state index contributed by atoms with van der Waals surface area (Å²) in [5, 5.41) is 12.2. The fraction of sp³-hybridized carbons (Fsp3) is 0.400. The van der Waals surface area contributed by atoms with Crippen molar-refractivity contribution in [3.8, 4) is 11.3 Å². The van der Waals surface area contributed by atoms with Gasteiger partial charge in [0.2, 0.25) is 0 Å². The van der Waals surface area contributed by atoms with Gasteiger partial charge in [-0.3, -0.25) is 9.78 Å². The molecule has 1 aromatic heterocycles. The number of carbonyl (C=O) groups is 1. The summed E-state index contributed by atoms with van der Waals surface area (Å²) in [5.41, 5.74) is -6.71. The third kappa shape index (κ3) is 5.16. The summed E-state index contributed by atoms with van der Waals surface area (Å²) in [7, 11) is 1.36. The Morgan fingerprint density at radius 2 is 1.74 bits per heavy atom. The zero-order valence-electron chi connectivity index (χ0n) is 16.7. The first-order valence-electron chi connectivity index (χ1n) is 8.95. The van der Waals surface area contributed by atoms with E-state index in [2.05, 4.69) is 10.3 Å². The molecule has 0 fully saturated rings. The lowest BCUT2D eigenvalue weighted by Crippen LogP contribution is -2.54. The van der Waals surface area contributed by atoms with E-state index in [0.29, 0.717) is 17.7 Å². The zero-order chi connectivity index (χ0) is 23.6. The lowest BCUT2D eigenvalue weighted by molar-refractivity contribution is -0.376. The third-order valence-corrected chi connectivity index (χ3v) is 4.43. The van der Waals surface area contributed by atoms with E-state index in [1.807, 2.05) is 0 Å². The Bertz CT molecular complexity index is 912. The van der Waals surface area contributed by atoms with Crippen LogP contribution in [0.3, 0.4) is 0 Å². The molecule has 2 N–H and O–H groups in total. The molecule has 2 aromatic rings. The lowest BCUT2D eigenvalue weighted by atomic mass is 9.88. The minimum atomic E-state index is -6.10. The Labute approximate surface area is 174 Å². The summed E-state index contributed by atoms with van der Waals surface area (Å²) < 4.78 is 85.3. The van der Waals surface area contributed by atoms with Crippen LogP contribution in [-0.4, -0.2) is 48.1 Å². The molecular formula is C20H20F6N2O3. The molecular weight excluding hydrogens is 430 g/mol. The van der Waals surface area contributed by atoms with Crippen LogP contribution in [0.1, 0.15) is 28.4 Å². The van der Waals surface area contributed by atoms with Gasteiger partial charge in [-0.15, -0.1) is 0 Å². The smallest absolute Gasteiger partial charge is 0.383 e. The highest BCUT2D eigenvalue weighted by Gasteiger charge is 2.71. The number of pyridine rings is 1. The minimum absolute atomic E-state index is 0.0261. The maximum atomic E-state index is 13.4. The Hall–Kier alpha value is -2.66. The van der Waals surface area contributed by atoms with Gasteiger partial charge in [0, 0.05) is 36.0 Å². The molecule has 0 saturated heterocycles. The van der Waals surface area contributed by atoms with E-state index in [1.54, 1.807) is 13.0 Å². The molecule has 170 valence electrons. The van der Waals surface area contributed by atoms with E-state index in [1.165, 1.54) is 26.3 Å². The highest BCUT2D eigenvalue weighted by atomic mass is 19.4. The summed E-state index contributed by atoms with van der Waals surface area (Å²) in [6, 6.07) is 4.34. The number of hydrogen-bond acceptors (Lipinski definition) is 4. The second kappa shape index (κ2) is 8.83. The lowest BCUT2D eigenvalue weighted by Gasteiger charge is -2.33. The fourth-order valence-electron chi connectivity index (χ4n) is 2.84. The Morgan fingerprint density at radius 1 is 1.13 bits per heavy atom. The van der Waals surface area contributed by atoms with Crippen molar-refractivity contribution in [2.24, 2.45) is 0 Å². The first-order chi connectivity index (χ1) is 14.2. The van der Waals surface area contributed by atoms with Crippen molar-refractivity contribution >= 4 is 5.91 Å². The molecule has 0 aliphatic carbocycles. The number of aromatic nitrogens is 1. The Morgan fingerprint density at radius 3 is 2.23 bits per heavy atom. The van der Waals surface area contributed by atoms with Crippen LogP contribution in [0, 0.1) is 6.92 Å². The quantitative estimate of drug-likeness (QED) is 0.650. The first-order valence-corrected chi connectivity index (χ1v) is 8.95. The van der Waals surface area contributed by atoms with Crippen LogP contribution in [0.25, 0.3) is 11.3 Å². The molecule has 2 rings (SSSR count). The number of alkyl halides is 6. The van der Waals surface area contributed by atoms with Gasteiger partial charge in [-0.2, -0.15) is 26.3 Å². The van der Waals surface area contributed by atoms with Crippen LogP contribution in [-0.2, 0) is 10.3 Å². The molecule has 31 heavy (non-hydrogen) atoms. The molecule has 1 aromatic carbocycles. The highest BCUT2D eigenvalue weighted by Crippen LogP contribution is 2.50. The molecule has 5 nitrogen and oxygen atoms in total. The standard InChI is InChI=1S/C20H20F6N2O3/c1-11-4-5-16(27-9-11)13-6-14(17(29)28-12(2)10-31-3)8-15(7-13)18(30,19(21,22)23)20(24,25)26/h4-9,12,30H,10H2,1-3H3,(H,28,29). The van der Waals surface area contributed by atoms with Crippen molar-refractivity contribution in [1.29, 1.82) is 0 Å². The summed E-state index contributed by atoms with van der Waals surface area (Å²) in [4.78, 5) is 16.5. The number of nitrogens with one attached hydrogen (secondary N) is 1. The molecule has 1 heterocycles. The van der Waals surface area contributed by atoms with Crippen LogP contribution in [0.5, 0.6) is 0 Å². The number of nitrogens with zero attached hydrogens (tertiary/aromatic N) is 1. The van der Waals surface area contributed by atoms with Crippen molar-refractivity contribution in [3.05, 3.63) is 53.2 Å². The minimum Gasteiger partial charge on any atom is -0.383 e. The monoisotopic (exact) mass is 450 g/mol. The average molecular weight is 450 g/mol. The summed E-state index contributed by atoms with van der Waals surface area (Å²) in [5.74, 6) is -0.938. The number of rotatable bonds is 6. The van der Waals surface area contributed by atoms with Crippen LogP contribution in [0.2, 0.25) is 0 Å².